The molecular formula is C6H17Si2. The van der Waals surface area contributed by atoms with Gasteiger partial charge in [0.05, 0.1) is 0 Å². The molecule has 0 amide bonds. The Morgan fingerprint density at radius 3 is 2.75 bits per heavy atom. The molecule has 0 aromatic rings. The third-order valence-electron chi connectivity index (χ3n) is 1.35. The van der Waals surface area contributed by atoms with E-state index in [9.17, 15) is 0 Å². The van der Waals surface area contributed by atoms with E-state index in [0.29, 0.717) is 9.04 Å². The van der Waals surface area contributed by atoms with Gasteiger partial charge in [0.2, 0.25) is 0 Å². The minimum Gasteiger partial charge on any atom is -0.0655 e. The van der Waals surface area contributed by atoms with Crippen LogP contribution in [-0.4, -0.2) is 18.8 Å². The molecule has 0 aromatic carbocycles. The van der Waals surface area contributed by atoms with E-state index in [-0.39, 0.29) is 0 Å². The topological polar surface area (TPSA) is 0 Å². The van der Waals surface area contributed by atoms with Crippen molar-refractivity contribution < 1.29 is 0 Å². The lowest BCUT2D eigenvalue weighted by molar-refractivity contribution is 0.782. The Bertz CT molecular complexity index is 31.5. The molecule has 0 aliphatic heterocycles. The highest BCUT2D eigenvalue weighted by molar-refractivity contribution is 6.89. The Hall–Kier alpha value is 0.434. The fourth-order valence-corrected chi connectivity index (χ4v) is 3.13. The van der Waals surface area contributed by atoms with Gasteiger partial charge in [-0.15, -0.1) is 0 Å². The third kappa shape index (κ3) is 6.43. The molecule has 0 unspecified atom stereocenters. The van der Waals surface area contributed by atoms with Gasteiger partial charge in [0.25, 0.3) is 0 Å². The van der Waals surface area contributed by atoms with E-state index in [4.69, 9.17) is 0 Å². The first kappa shape index (κ1) is 8.43. The third-order valence-corrected chi connectivity index (χ3v) is 4.67. The number of unbranched alkanes of at least 4 members (excludes halogenated alkanes) is 3. The summed E-state index contributed by atoms with van der Waals surface area (Å²) in [5.41, 5.74) is 0. The van der Waals surface area contributed by atoms with E-state index < -0.39 is 0 Å². The molecule has 49 valence electrons. The molecule has 1 radical (unpaired) electrons. The van der Waals surface area contributed by atoms with E-state index in [1.54, 1.807) is 6.04 Å². The SMILES string of the molecule is C[CH]CCCC[SiH2][SiH3]. The van der Waals surface area contributed by atoms with Crippen LogP contribution in [0.2, 0.25) is 6.04 Å². The van der Waals surface area contributed by atoms with Crippen LogP contribution in [0.3, 0.4) is 0 Å². The van der Waals surface area contributed by atoms with E-state index in [0.717, 1.165) is 0 Å². The lowest BCUT2D eigenvalue weighted by Gasteiger charge is -1.93. The van der Waals surface area contributed by atoms with Crippen LogP contribution < -0.4 is 0 Å². The summed E-state index contributed by atoms with van der Waals surface area (Å²) in [7, 11) is 2.05. The maximum atomic E-state index is 2.27. The molecule has 0 aromatic heterocycles. The Kier molecular flexibility index (Phi) is 7.84. The van der Waals surface area contributed by atoms with Crippen molar-refractivity contribution in [3.8, 4) is 0 Å². The maximum Gasteiger partial charge on any atom is 0.00412 e. The molecule has 0 fully saturated rings. The molecule has 0 aliphatic carbocycles. The van der Waals surface area contributed by atoms with Crippen LogP contribution in [0.15, 0.2) is 0 Å². The summed E-state index contributed by atoms with van der Waals surface area (Å²) >= 11 is 0. The number of rotatable bonds is 5. The van der Waals surface area contributed by atoms with Gasteiger partial charge in [-0.05, 0) is 16.2 Å². The average Bonchev–Trinajstić information content (AvgIpc) is 1.81. The van der Waals surface area contributed by atoms with E-state index in [2.05, 4.69) is 13.3 Å². The van der Waals surface area contributed by atoms with E-state index in [1.165, 1.54) is 29.0 Å². The van der Waals surface area contributed by atoms with Crippen LogP contribution in [0.25, 0.3) is 0 Å². The van der Waals surface area contributed by atoms with Crippen LogP contribution >= 0.6 is 0 Å². The van der Waals surface area contributed by atoms with Crippen molar-refractivity contribution in [1.29, 1.82) is 0 Å². The molecule has 0 saturated carbocycles. The van der Waals surface area contributed by atoms with Gasteiger partial charge >= 0.3 is 0 Å². The lowest BCUT2D eigenvalue weighted by Crippen LogP contribution is -1.86. The lowest BCUT2D eigenvalue weighted by atomic mass is 10.2. The molecule has 0 saturated heterocycles. The van der Waals surface area contributed by atoms with Gasteiger partial charge in [-0.25, -0.2) is 0 Å². The molecule has 0 bridgehead atoms. The second-order valence-corrected chi connectivity index (χ2v) is 6.96. The van der Waals surface area contributed by atoms with Crippen LogP contribution in [0.4, 0.5) is 0 Å². The van der Waals surface area contributed by atoms with E-state index in [1.807, 2.05) is 0 Å². The summed E-state index contributed by atoms with van der Waals surface area (Å²) in [6.45, 7) is 2.15. The second kappa shape index (κ2) is 7.43. The van der Waals surface area contributed by atoms with Gasteiger partial charge in [-0.1, -0.05) is 32.2 Å². The van der Waals surface area contributed by atoms with Crippen LogP contribution in [0.5, 0.6) is 0 Å². The van der Waals surface area contributed by atoms with Gasteiger partial charge in [-0.3, -0.25) is 0 Å². The van der Waals surface area contributed by atoms with Gasteiger partial charge < -0.3 is 0 Å². The fraction of sp³-hybridized carbons (Fsp3) is 0.833. The number of hydrogen-bond acceptors (Lipinski definition) is 0. The fourth-order valence-electron chi connectivity index (χ4n) is 0.775. The van der Waals surface area contributed by atoms with Crippen LogP contribution in [-0.2, 0) is 0 Å². The highest BCUT2D eigenvalue weighted by Crippen LogP contribution is 1.99. The van der Waals surface area contributed by atoms with Crippen molar-refractivity contribution in [3.05, 3.63) is 6.42 Å². The highest BCUT2D eigenvalue weighted by Gasteiger charge is 1.84. The van der Waals surface area contributed by atoms with Crippen LogP contribution in [0, 0.1) is 6.42 Å². The Morgan fingerprint density at radius 2 is 2.25 bits per heavy atom. The van der Waals surface area contributed by atoms with Crippen molar-refractivity contribution >= 4 is 18.8 Å². The van der Waals surface area contributed by atoms with Crippen LogP contribution in [0.1, 0.15) is 26.2 Å². The first-order valence-electron chi connectivity index (χ1n) is 3.69. The Labute approximate surface area is 58.1 Å². The summed E-state index contributed by atoms with van der Waals surface area (Å²) in [6, 6.07) is 1.61. The zero-order valence-electron chi connectivity index (χ0n) is 6.11. The summed E-state index contributed by atoms with van der Waals surface area (Å²) < 4.78 is 0. The van der Waals surface area contributed by atoms with Gasteiger partial charge in [0.1, 0.15) is 0 Å². The first-order chi connectivity index (χ1) is 3.91. The van der Waals surface area contributed by atoms with Gasteiger partial charge in [-0.2, -0.15) is 0 Å². The van der Waals surface area contributed by atoms with Gasteiger partial charge in [0.15, 0.2) is 0 Å². The molecule has 0 spiro atoms. The molecule has 0 rings (SSSR count). The summed E-state index contributed by atoms with van der Waals surface area (Å²) in [5, 5.41) is 0. The normalized spacial score (nSPS) is 11.6. The summed E-state index contributed by atoms with van der Waals surface area (Å²) in [6.07, 6.45) is 6.58. The zero-order valence-corrected chi connectivity index (χ0v) is 9.53. The van der Waals surface area contributed by atoms with Crippen molar-refractivity contribution in [3.63, 3.8) is 0 Å². The quantitative estimate of drug-likeness (QED) is 0.384. The Morgan fingerprint density at radius 1 is 1.50 bits per heavy atom. The molecule has 8 heavy (non-hydrogen) atoms. The molecule has 0 aliphatic rings. The van der Waals surface area contributed by atoms with Crippen molar-refractivity contribution in [1.82, 2.24) is 0 Å². The summed E-state index contributed by atoms with van der Waals surface area (Å²) in [5.74, 6) is 0. The minimum absolute atomic E-state index is 0.511. The zero-order chi connectivity index (χ0) is 6.24. The summed E-state index contributed by atoms with van der Waals surface area (Å²) in [4.78, 5) is 0. The first-order valence-corrected chi connectivity index (χ1v) is 10.3. The second-order valence-electron chi connectivity index (χ2n) is 2.26. The minimum atomic E-state index is 0.511. The predicted molar refractivity (Wildman–Crippen MR) is 47.1 cm³/mol. The molecule has 0 atom stereocenters. The van der Waals surface area contributed by atoms with Crippen molar-refractivity contribution in [2.24, 2.45) is 0 Å². The molecular weight excluding hydrogens is 128 g/mol. The smallest absolute Gasteiger partial charge is 0.00412 e. The molecule has 0 N–H and O–H groups in total. The van der Waals surface area contributed by atoms with E-state index >= 15 is 0 Å². The highest BCUT2D eigenvalue weighted by atomic mass is 29.1. The number of hydrogen-bond donors (Lipinski definition) is 0. The largest absolute Gasteiger partial charge is 0.0655 e. The van der Waals surface area contributed by atoms with Crippen molar-refractivity contribution in [2.75, 3.05) is 0 Å². The molecule has 2 heteroatoms. The molecule has 0 heterocycles. The monoisotopic (exact) mass is 145 g/mol. The van der Waals surface area contributed by atoms with Gasteiger partial charge in [0, 0.05) is 9.04 Å². The average molecular weight is 145 g/mol. The maximum absolute atomic E-state index is 2.27. The standard InChI is InChI=1S/C6H17Si2/c1-2-3-4-5-6-8-7/h2H,3-6,8H2,1,7H3. The molecule has 0 nitrogen and oxygen atoms in total. The van der Waals surface area contributed by atoms with Crippen molar-refractivity contribution in [2.45, 2.75) is 32.2 Å². The predicted octanol–water partition coefficient (Wildman–Crippen LogP) is 0.248. The Balaban J connectivity index is 2.53.